The Hall–Kier alpha value is -1.30. The first-order valence-electron chi connectivity index (χ1n) is 5.95. The van der Waals surface area contributed by atoms with Crippen molar-refractivity contribution in [2.45, 2.75) is 19.4 Å². The maximum Gasteiger partial charge on any atom is 0.227 e. The Kier molecular flexibility index (Phi) is 8.95. The number of methoxy groups -OCH3 is 1. The molecule has 0 fully saturated rings. The monoisotopic (exact) mass is 288 g/mol. The van der Waals surface area contributed by atoms with Crippen LogP contribution in [0.25, 0.3) is 0 Å². The van der Waals surface area contributed by atoms with Crippen LogP contribution in [-0.2, 0) is 9.53 Å². The molecule has 0 spiro atoms. The standard InChI is InChI=1S/C13H20N2O3.ClH/c1-3-18-11-6-4-10(5-7-11)15-13(16)8-12(9-14)17-2;/h4-7,12H,3,8-9,14H2,1-2H3,(H,15,16);1H. The summed E-state index contributed by atoms with van der Waals surface area (Å²) >= 11 is 0. The normalized spacial score (nSPS) is 11.3. The maximum atomic E-state index is 11.7. The van der Waals surface area contributed by atoms with Gasteiger partial charge in [0.2, 0.25) is 5.91 Å². The molecule has 0 aliphatic rings. The van der Waals surface area contributed by atoms with Crippen LogP contribution in [0.5, 0.6) is 5.75 Å². The molecular formula is C13H21ClN2O3. The molecule has 0 bridgehead atoms. The molecule has 1 amide bonds. The number of anilines is 1. The molecule has 0 saturated heterocycles. The van der Waals surface area contributed by atoms with E-state index in [0.29, 0.717) is 13.2 Å². The lowest BCUT2D eigenvalue weighted by atomic mass is 10.2. The second-order valence-electron chi connectivity index (χ2n) is 3.80. The van der Waals surface area contributed by atoms with Crippen LogP contribution in [-0.4, -0.2) is 32.3 Å². The molecule has 0 radical (unpaired) electrons. The molecule has 0 aliphatic carbocycles. The molecule has 0 saturated carbocycles. The van der Waals surface area contributed by atoms with E-state index in [1.807, 2.05) is 19.1 Å². The lowest BCUT2D eigenvalue weighted by Gasteiger charge is -2.12. The van der Waals surface area contributed by atoms with Crippen molar-refractivity contribution in [2.24, 2.45) is 5.73 Å². The number of hydrogen-bond acceptors (Lipinski definition) is 4. The van der Waals surface area contributed by atoms with Gasteiger partial charge in [0.05, 0.1) is 19.1 Å². The number of halogens is 1. The van der Waals surface area contributed by atoms with Gasteiger partial charge in [-0.25, -0.2) is 0 Å². The van der Waals surface area contributed by atoms with E-state index < -0.39 is 0 Å². The Morgan fingerprint density at radius 1 is 1.37 bits per heavy atom. The highest BCUT2D eigenvalue weighted by molar-refractivity contribution is 5.91. The third-order valence-corrected chi connectivity index (χ3v) is 2.46. The highest BCUT2D eigenvalue weighted by Crippen LogP contribution is 2.15. The SMILES string of the molecule is CCOc1ccc(NC(=O)CC(CN)OC)cc1.Cl. The molecule has 0 aliphatic heterocycles. The van der Waals surface area contributed by atoms with E-state index in [4.69, 9.17) is 15.2 Å². The summed E-state index contributed by atoms with van der Waals surface area (Å²) in [7, 11) is 1.54. The van der Waals surface area contributed by atoms with Crippen LogP contribution in [0.4, 0.5) is 5.69 Å². The van der Waals surface area contributed by atoms with E-state index in [-0.39, 0.29) is 30.8 Å². The number of benzene rings is 1. The molecule has 6 heteroatoms. The number of ether oxygens (including phenoxy) is 2. The van der Waals surface area contributed by atoms with E-state index >= 15 is 0 Å². The minimum atomic E-state index is -0.243. The van der Waals surface area contributed by atoms with Crippen molar-refractivity contribution in [2.75, 3.05) is 25.6 Å². The minimum absolute atomic E-state index is 0. The van der Waals surface area contributed by atoms with Crippen molar-refractivity contribution < 1.29 is 14.3 Å². The van der Waals surface area contributed by atoms with E-state index in [2.05, 4.69) is 5.32 Å². The van der Waals surface area contributed by atoms with Gasteiger partial charge in [0.1, 0.15) is 5.75 Å². The van der Waals surface area contributed by atoms with E-state index in [1.54, 1.807) is 19.2 Å². The lowest BCUT2D eigenvalue weighted by molar-refractivity contribution is -0.118. The second kappa shape index (κ2) is 9.61. The van der Waals surface area contributed by atoms with Gasteiger partial charge in [0.25, 0.3) is 0 Å². The molecule has 1 unspecified atom stereocenters. The topological polar surface area (TPSA) is 73.6 Å². The fraction of sp³-hybridized carbons (Fsp3) is 0.462. The molecule has 1 rings (SSSR count). The van der Waals surface area contributed by atoms with Crippen LogP contribution in [0.1, 0.15) is 13.3 Å². The van der Waals surface area contributed by atoms with Crippen molar-refractivity contribution in [3.05, 3.63) is 24.3 Å². The van der Waals surface area contributed by atoms with Gasteiger partial charge >= 0.3 is 0 Å². The molecule has 3 N–H and O–H groups in total. The molecule has 108 valence electrons. The predicted octanol–water partition coefficient (Wildman–Crippen LogP) is 1.81. The zero-order valence-corrected chi connectivity index (χ0v) is 12.0. The van der Waals surface area contributed by atoms with E-state index in [0.717, 1.165) is 11.4 Å². The van der Waals surface area contributed by atoms with Crippen molar-refractivity contribution in [3.8, 4) is 5.75 Å². The lowest BCUT2D eigenvalue weighted by Crippen LogP contribution is -2.28. The van der Waals surface area contributed by atoms with Gasteiger partial charge in [-0.15, -0.1) is 12.4 Å². The average Bonchev–Trinajstić information content (AvgIpc) is 2.38. The van der Waals surface area contributed by atoms with Crippen molar-refractivity contribution in [1.29, 1.82) is 0 Å². The summed E-state index contributed by atoms with van der Waals surface area (Å²) in [4.78, 5) is 11.7. The zero-order chi connectivity index (χ0) is 13.4. The summed E-state index contributed by atoms with van der Waals surface area (Å²) in [5, 5.41) is 2.78. The summed E-state index contributed by atoms with van der Waals surface area (Å²) in [6.45, 7) is 2.87. The molecule has 1 aromatic carbocycles. The van der Waals surface area contributed by atoms with Crippen LogP contribution in [0.2, 0.25) is 0 Å². The Morgan fingerprint density at radius 2 is 2.00 bits per heavy atom. The second-order valence-corrected chi connectivity index (χ2v) is 3.80. The van der Waals surface area contributed by atoms with E-state index in [9.17, 15) is 4.79 Å². The van der Waals surface area contributed by atoms with Gasteiger partial charge in [-0.1, -0.05) is 0 Å². The Bertz CT molecular complexity index is 367. The first-order valence-corrected chi connectivity index (χ1v) is 5.95. The fourth-order valence-electron chi connectivity index (χ4n) is 1.48. The summed E-state index contributed by atoms with van der Waals surface area (Å²) in [6.07, 6.45) is 0.00734. The van der Waals surface area contributed by atoms with Crippen LogP contribution < -0.4 is 15.8 Å². The van der Waals surface area contributed by atoms with Crippen LogP contribution in [0, 0.1) is 0 Å². The number of amides is 1. The Balaban J connectivity index is 0.00000324. The fourth-order valence-corrected chi connectivity index (χ4v) is 1.48. The van der Waals surface area contributed by atoms with Crippen molar-refractivity contribution in [1.82, 2.24) is 0 Å². The molecular weight excluding hydrogens is 268 g/mol. The number of nitrogens with two attached hydrogens (primary N) is 1. The van der Waals surface area contributed by atoms with Crippen molar-refractivity contribution >= 4 is 24.0 Å². The number of carbonyl (C=O) groups is 1. The van der Waals surface area contributed by atoms with Gasteiger partial charge in [-0.3, -0.25) is 4.79 Å². The summed E-state index contributed by atoms with van der Waals surface area (Å²) in [5.74, 6) is 0.670. The van der Waals surface area contributed by atoms with Crippen LogP contribution in [0.3, 0.4) is 0 Å². The largest absolute Gasteiger partial charge is 0.494 e. The molecule has 0 aromatic heterocycles. The zero-order valence-electron chi connectivity index (χ0n) is 11.2. The number of rotatable bonds is 7. The highest BCUT2D eigenvalue weighted by atomic mass is 35.5. The van der Waals surface area contributed by atoms with Crippen LogP contribution in [0.15, 0.2) is 24.3 Å². The van der Waals surface area contributed by atoms with Gasteiger partial charge in [-0.2, -0.15) is 0 Å². The van der Waals surface area contributed by atoms with Crippen molar-refractivity contribution in [3.63, 3.8) is 0 Å². The molecule has 0 heterocycles. The maximum absolute atomic E-state index is 11.7. The Labute approximate surface area is 119 Å². The number of nitrogens with one attached hydrogen (secondary N) is 1. The summed E-state index contributed by atoms with van der Waals surface area (Å²) in [5.41, 5.74) is 6.19. The van der Waals surface area contributed by atoms with E-state index in [1.165, 1.54) is 0 Å². The average molecular weight is 289 g/mol. The van der Waals surface area contributed by atoms with Gasteiger partial charge in [0, 0.05) is 19.3 Å². The number of hydrogen-bond donors (Lipinski definition) is 2. The molecule has 1 atom stereocenters. The molecule has 19 heavy (non-hydrogen) atoms. The number of carbonyl (C=O) groups excluding carboxylic acids is 1. The Morgan fingerprint density at radius 3 is 2.47 bits per heavy atom. The smallest absolute Gasteiger partial charge is 0.227 e. The first kappa shape index (κ1) is 17.7. The quantitative estimate of drug-likeness (QED) is 0.802. The first-order chi connectivity index (χ1) is 8.69. The van der Waals surface area contributed by atoms with Gasteiger partial charge in [0.15, 0.2) is 0 Å². The third kappa shape index (κ3) is 6.42. The summed E-state index contributed by atoms with van der Waals surface area (Å²) < 4.78 is 10.4. The van der Waals surface area contributed by atoms with Gasteiger partial charge < -0.3 is 20.5 Å². The predicted molar refractivity (Wildman–Crippen MR) is 78.0 cm³/mol. The minimum Gasteiger partial charge on any atom is -0.494 e. The van der Waals surface area contributed by atoms with Gasteiger partial charge in [-0.05, 0) is 31.2 Å². The molecule has 1 aromatic rings. The third-order valence-electron chi connectivity index (χ3n) is 2.46. The highest BCUT2D eigenvalue weighted by Gasteiger charge is 2.11. The summed E-state index contributed by atoms with van der Waals surface area (Å²) in [6, 6.07) is 7.23. The molecule has 5 nitrogen and oxygen atoms in total. The van der Waals surface area contributed by atoms with Crippen LogP contribution >= 0.6 is 12.4 Å².